The zero-order chi connectivity index (χ0) is 15.6. The molecule has 2 aromatic rings. The first-order valence-electron chi connectivity index (χ1n) is 6.19. The van der Waals surface area contributed by atoms with Crippen LogP contribution in [0.1, 0.15) is 17.2 Å². The monoisotopic (exact) mass is 312 g/mol. The van der Waals surface area contributed by atoms with E-state index in [9.17, 15) is 22.3 Å². The lowest BCUT2D eigenvalue weighted by Gasteiger charge is -2.12. The zero-order valence-electron chi connectivity index (χ0n) is 11.3. The Bertz CT molecular complexity index is 737. The van der Waals surface area contributed by atoms with Crippen LogP contribution in [-0.4, -0.2) is 19.8 Å². The van der Waals surface area contributed by atoms with E-state index in [1.807, 2.05) is 0 Å². The molecule has 0 saturated heterocycles. The minimum absolute atomic E-state index is 0.0120. The van der Waals surface area contributed by atoms with Crippen LogP contribution in [0.2, 0.25) is 0 Å². The molecule has 0 fully saturated rings. The first-order valence-corrected chi connectivity index (χ1v) is 8.08. The van der Waals surface area contributed by atoms with Gasteiger partial charge in [-0.15, -0.1) is 0 Å². The van der Waals surface area contributed by atoms with E-state index in [4.69, 9.17) is 0 Å². The van der Waals surface area contributed by atoms with Gasteiger partial charge in [0.2, 0.25) is 0 Å². The maximum atomic E-state index is 13.1. The SMILES string of the molecule is CS(=O)(=O)c1cccc(C(O)Cc2cc(F)cc(F)c2)c1. The van der Waals surface area contributed by atoms with Crippen LogP contribution in [0.5, 0.6) is 0 Å². The summed E-state index contributed by atoms with van der Waals surface area (Å²) in [4.78, 5) is 0.0875. The second-order valence-corrected chi connectivity index (χ2v) is 6.86. The van der Waals surface area contributed by atoms with Crippen molar-refractivity contribution in [2.45, 2.75) is 17.4 Å². The van der Waals surface area contributed by atoms with E-state index >= 15 is 0 Å². The van der Waals surface area contributed by atoms with Gasteiger partial charge in [-0.3, -0.25) is 0 Å². The van der Waals surface area contributed by atoms with Gasteiger partial charge in [0, 0.05) is 18.7 Å². The van der Waals surface area contributed by atoms with Crippen LogP contribution in [0, 0.1) is 11.6 Å². The average Bonchev–Trinajstić information content (AvgIpc) is 2.36. The lowest BCUT2D eigenvalue weighted by Crippen LogP contribution is -2.05. The lowest BCUT2D eigenvalue weighted by atomic mass is 10.0. The summed E-state index contributed by atoms with van der Waals surface area (Å²) in [6.45, 7) is 0. The Hall–Kier alpha value is -1.79. The summed E-state index contributed by atoms with van der Waals surface area (Å²) in [6.07, 6.45) is 0.00963. The minimum Gasteiger partial charge on any atom is -0.388 e. The molecule has 0 bridgehead atoms. The van der Waals surface area contributed by atoms with Gasteiger partial charge in [0.05, 0.1) is 11.0 Å². The fourth-order valence-corrected chi connectivity index (χ4v) is 2.70. The first kappa shape index (κ1) is 15.6. The quantitative estimate of drug-likeness (QED) is 0.944. The van der Waals surface area contributed by atoms with Crippen molar-refractivity contribution in [2.24, 2.45) is 0 Å². The van der Waals surface area contributed by atoms with E-state index in [2.05, 4.69) is 0 Å². The van der Waals surface area contributed by atoms with Crippen molar-refractivity contribution in [3.63, 3.8) is 0 Å². The third-order valence-electron chi connectivity index (χ3n) is 3.02. The second kappa shape index (κ2) is 5.91. The summed E-state index contributed by atoms with van der Waals surface area (Å²) in [5.41, 5.74) is 0.673. The predicted octanol–water partition coefficient (Wildman–Crippen LogP) is 2.64. The van der Waals surface area contributed by atoms with Gasteiger partial charge in [-0.05, 0) is 35.4 Å². The largest absolute Gasteiger partial charge is 0.388 e. The van der Waals surface area contributed by atoms with Crippen LogP contribution in [0.3, 0.4) is 0 Å². The third-order valence-corrected chi connectivity index (χ3v) is 4.13. The second-order valence-electron chi connectivity index (χ2n) is 4.84. The normalized spacial score (nSPS) is 13.1. The first-order chi connectivity index (χ1) is 9.75. The maximum absolute atomic E-state index is 13.1. The van der Waals surface area contributed by atoms with Gasteiger partial charge < -0.3 is 5.11 Å². The van der Waals surface area contributed by atoms with Gasteiger partial charge in [-0.25, -0.2) is 17.2 Å². The molecule has 0 radical (unpaired) electrons. The summed E-state index contributed by atoms with van der Waals surface area (Å²) < 4.78 is 49.1. The van der Waals surface area contributed by atoms with Crippen molar-refractivity contribution in [1.29, 1.82) is 0 Å². The lowest BCUT2D eigenvalue weighted by molar-refractivity contribution is 0.178. The molecule has 0 aliphatic carbocycles. The van der Waals surface area contributed by atoms with Crippen molar-refractivity contribution in [3.05, 3.63) is 65.2 Å². The summed E-state index contributed by atoms with van der Waals surface area (Å²) in [5, 5.41) is 10.1. The molecule has 3 nitrogen and oxygen atoms in total. The molecule has 0 amide bonds. The highest BCUT2D eigenvalue weighted by Gasteiger charge is 2.14. The molecule has 1 unspecified atom stereocenters. The Morgan fingerprint density at radius 2 is 1.71 bits per heavy atom. The smallest absolute Gasteiger partial charge is 0.175 e. The summed E-state index contributed by atoms with van der Waals surface area (Å²) >= 11 is 0. The molecule has 0 aliphatic heterocycles. The Morgan fingerprint density at radius 1 is 1.10 bits per heavy atom. The van der Waals surface area contributed by atoms with Gasteiger partial charge in [-0.2, -0.15) is 0 Å². The highest BCUT2D eigenvalue weighted by molar-refractivity contribution is 7.90. The highest BCUT2D eigenvalue weighted by Crippen LogP contribution is 2.22. The van der Waals surface area contributed by atoms with E-state index in [-0.39, 0.29) is 11.3 Å². The van der Waals surface area contributed by atoms with Gasteiger partial charge in [0.15, 0.2) is 9.84 Å². The highest BCUT2D eigenvalue weighted by atomic mass is 32.2. The molecule has 6 heteroatoms. The number of hydrogen-bond acceptors (Lipinski definition) is 3. The molecule has 0 saturated carbocycles. The summed E-state index contributed by atoms with van der Waals surface area (Å²) in [5.74, 6) is -1.44. The third kappa shape index (κ3) is 4.09. The molecule has 21 heavy (non-hydrogen) atoms. The van der Waals surface area contributed by atoms with E-state index in [1.54, 1.807) is 6.07 Å². The molecule has 1 N–H and O–H groups in total. The topological polar surface area (TPSA) is 54.4 Å². The Morgan fingerprint density at radius 3 is 2.29 bits per heavy atom. The van der Waals surface area contributed by atoms with Gasteiger partial charge in [0.1, 0.15) is 11.6 Å². The van der Waals surface area contributed by atoms with E-state index < -0.39 is 27.6 Å². The Labute approximate surface area is 121 Å². The molecule has 0 aliphatic rings. The molecule has 2 rings (SSSR count). The predicted molar refractivity (Wildman–Crippen MR) is 74.6 cm³/mol. The molecular weight excluding hydrogens is 298 g/mol. The average molecular weight is 312 g/mol. The van der Waals surface area contributed by atoms with Crippen LogP contribution < -0.4 is 0 Å². The Kier molecular flexibility index (Phi) is 4.39. The van der Waals surface area contributed by atoms with Crippen molar-refractivity contribution in [2.75, 3.05) is 6.26 Å². The summed E-state index contributed by atoms with van der Waals surface area (Å²) in [6, 6.07) is 8.87. The van der Waals surface area contributed by atoms with Gasteiger partial charge >= 0.3 is 0 Å². The van der Waals surface area contributed by atoms with Crippen LogP contribution in [0.15, 0.2) is 47.4 Å². The van der Waals surface area contributed by atoms with Crippen LogP contribution in [-0.2, 0) is 16.3 Å². The van der Waals surface area contributed by atoms with Crippen molar-refractivity contribution in [1.82, 2.24) is 0 Å². The number of aliphatic hydroxyl groups excluding tert-OH is 1. The Balaban J connectivity index is 2.26. The van der Waals surface area contributed by atoms with Crippen molar-refractivity contribution < 1.29 is 22.3 Å². The van der Waals surface area contributed by atoms with Crippen LogP contribution in [0.4, 0.5) is 8.78 Å². The van der Waals surface area contributed by atoms with Gasteiger partial charge in [-0.1, -0.05) is 12.1 Å². The van der Waals surface area contributed by atoms with E-state index in [0.717, 1.165) is 24.5 Å². The van der Waals surface area contributed by atoms with Crippen molar-refractivity contribution in [3.8, 4) is 0 Å². The standard InChI is InChI=1S/C15H14F2O3S/c1-21(19,20)14-4-2-3-11(8-14)15(18)7-10-5-12(16)9-13(17)6-10/h2-6,8-9,15,18H,7H2,1H3. The number of benzene rings is 2. The molecule has 112 valence electrons. The van der Waals surface area contributed by atoms with Crippen LogP contribution >= 0.6 is 0 Å². The van der Waals surface area contributed by atoms with E-state index in [1.165, 1.54) is 18.2 Å². The molecule has 0 heterocycles. The minimum atomic E-state index is -3.38. The van der Waals surface area contributed by atoms with Crippen molar-refractivity contribution >= 4 is 9.84 Å². The van der Waals surface area contributed by atoms with Crippen LogP contribution in [0.25, 0.3) is 0 Å². The number of hydrogen-bond donors (Lipinski definition) is 1. The molecule has 1 atom stereocenters. The maximum Gasteiger partial charge on any atom is 0.175 e. The number of aliphatic hydroxyl groups is 1. The fraction of sp³-hybridized carbons (Fsp3) is 0.200. The number of sulfone groups is 1. The number of rotatable bonds is 4. The molecule has 2 aromatic carbocycles. The van der Waals surface area contributed by atoms with E-state index in [0.29, 0.717) is 11.1 Å². The summed E-state index contributed by atoms with van der Waals surface area (Å²) in [7, 11) is -3.38. The zero-order valence-corrected chi connectivity index (χ0v) is 12.1. The fourth-order valence-electron chi connectivity index (χ4n) is 2.02. The van der Waals surface area contributed by atoms with Gasteiger partial charge in [0.25, 0.3) is 0 Å². The molecule has 0 spiro atoms. The molecular formula is C15H14F2O3S. The number of halogens is 2. The molecule has 0 aromatic heterocycles.